The van der Waals surface area contributed by atoms with Crippen molar-refractivity contribution in [3.05, 3.63) is 106 Å². The fraction of sp³-hybridized carbons (Fsp3) is 0.208. The van der Waals surface area contributed by atoms with Crippen molar-refractivity contribution < 1.29 is 9.18 Å². The second-order valence-corrected chi connectivity index (χ2v) is 7.66. The molecule has 1 amide bonds. The second kappa shape index (κ2) is 8.76. The number of hydrogen-bond acceptors (Lipinski definition) is 2. The van der Waals surface area contributed by atoms with Crippen molar-refractivity contribution >= 4 is 17.5 Å². The van der Waals surface area contributed by atoms with E-state index in [0.29, 0.717) is 30.2 Å². The summed E-state index contributed by atoms with van der Waals surface area (Å²) in [6.07, 6.45) is 0. The minimum absolute atomic E-state index is 0.0436. The van der Waals surface area contributed by atoms with E-state index in [1.54, 1.807) is 12.1 Å². The van der Waals surface area contributed by atoms with Crippen LogP contribution in [0.1, 0.15) is 27.5 Å². The number of amides is 1. The van der Waals surface area contributed by atoms with Gasteiger partial charge in [-0.2, -0.15) is 0 Å². The van der Waals surface area contributed by atoms with Crippen molar-refractivity contribution in [3.8, 4) is 0 Å². The van der Waals surface area contributed by atoms with Crippen LogP contribution in [0.3, 0.4) is 0 Å². The van der Waals surface area contributed by atoms with Crippen LogP contribution >= 0.6 is 11.6 Å². The van der Waals surface area contributed by atoms with Crippen LogP contribution < -0.4 is 0 Å². The first-order valence-electron chi connectivity index (χ1n) is 9.69. The summed E-state index contributed by atoms with van der Waals surface area (Å²) in [5.41, 5.74) is 2.75. The molecule has 0 radical (unpaired) electrons. The number of hydrogen-bond donors (Lipinski definition) is 0. The molecule has 3 aromatic rings. The fourth-order valence-corrected chi connectivity index (χ4v) is 4.03. The molecule has 0 N–H and O–H groups in total. The summed E-state index contributed by atoms with van der Waals surface area (Å²) >= 11 is 6.25. The number of carbonyl (C=O) groups excluding carboxylic acids is 1. The number of halogens is 2. The van der Waals surface area contributed by atoms with E-state index in [2.05, 4.69) is 17.0 Å². The highest BCUT2D eigenvalue weighted by molar-refractivity contribution is 6.33. The van der Waals surface area contributed by atoms with Crippen LogP contribution in [-0.4, -0.2) is 35.3 Å². The number of piperazine rings is 1. The highest BCUT2D eigenvalue weighted by Gasteiger charge is 2.31. The van der Waals surface area contributed by atoms with E-state index in [4.69, 9.17) is 11.6 Å². The summed E-state index contributed by atoms with van der Waals surface area (Å²) in [5.74, 6) is -0.276. The molecule has 1 heterocycles. The molecule has 5 heteroatoms. The summed E-state index contributed by atoms with van der Waals surface area (Å²) in [7, 11) is 0. The van der Waals surface area contributed by atoms with Gasteiger partial charge < -0.3 is 4.90 Å². The Kier molecular flexibility index (Phi) is 5.93. The third kappa shape index (κ3) is 4.50. The Morgan fingerprint density at radius 1 is 0.931 bits per heavy atom. The first-order chi connectivity index (χ1) is 14.1. The summed E-state index contributed by atoms with van der Waals surface area (Å²) in [4.78, 5) is 17.3. The topological polar surface area (TPSA) is 23.6 Å². The van der Waals surface area contributed by atoms with Gasteiger partial charge in [-0.3, -0.25) is 9.69 Å². The molecule has 3 nitrogen and oxygen atoms in total. The van der Waals surface area contributed by atoms with Crippen LogP contribution in [0.5, 0.6) is 0 Å². The van der Waals surface area contributed by atoms with Gasteiger partial charge in [-0.1, -0.05) is 66.2 Å². The first-order valence-corrected chi connectivity index (χ1v) is 10.1. The summed E-state index contributed by atoms with van der Waals surface area (Å²) in [6.45, 7) is 2.63. The maximum absolute atomic E-state index is 13.3. The number of rotatable bonds is 4. The van der Waals surface area contributed by atoms with Gasteiger partial charge in [0.05, 0.1) is 16.6 Å². The Morgan fingerprint density at radius 3 is 2.34 bits per heavy atom. The van der Waals surface area contributed by atoms with Crippen molar-refractivity contribution in [2.45, 2.75) is 12.6 Å². The van der Waals surface area contributed by atoms with Crippen molar-refractivity contribution in [3.63, 3.8) is 0 Å². The number of benzene rings is 3. The molecule has 0 bridgehead atoms. The first kappa shape index (κ1) is 19.6. The largest absolute Gasteiger partial charge is 0.335 e. The van der Waals surface area contributed by atoms with Gasteiger partial charge in [-0.25, -0.2) is 4.39 Å². The lowest BCUT2D eigenvalue weighted by Crippen LogP contribution is -2.50. The van der Waals surface area contributed by atoms with Crippen molar-refractivity contribution in [1.82, 2.24) is 9.80 Å². The molecule has 0 spiro atoms. The van der Waals surface area contributed by atoms with Gasteiger partial charge in [0.25, 0.3) is 5.91 Å². The summed E-state index contributed by atoms with van der Waals surface area (Å²) < 4.78 is 13.3. The van der Waals surface area contributed by atoms with Crippen molar-refractivity contribution in [2.75, 3.05) is 19.6 Å². The molecule has 0 saturated carbocycles. The smallest absolute Gasteiger partial charge is 0.255 e. The van der Waals surface area contributed by atoms with Gasteiger partial charge in [-0.05, 0) is 35.4 Å². The Balaban J connectivity index is 1.58. The molecular formula is C24H22ClFN2O. The standard InChI is InChI=1S/C24H22ClFN2O/c25-22-9-5-4-8-21(22)24(29)28-15-14-27(16-18-10-12-20(26)13-11-18)23(17-28)19-6-2-1-3-7-19/h1-13,23H,14-17H2. The Hall–Kier alpha value is -2.69. The second-order valence-electron chi connectivity index (χ2n) is 7.25. The van der Waals surface area contributed by atoms with Crippen molar-refractivity contribution in [2.24, 2.45) is 0 Å². The van der Waals surface area contributed by atoms with Crippen LogP contribution in [0.2, 0.25) is 5.02 Å². The quantitative estimate of drug-likeness (QED) is 0.594. The van der Waals surface area contributed by atoms with E-state index in [0.717, 1.165) is 17.7 Å². The van der Waals surface area contributed by atoms with Crippen molar-refractivity contribution in [1.29, 1.82) is 0 Å². The maximum Gasteiger partial charge on any atom is 0.255 e. The third-order valence-electron chi connectivity index (χ3n) is 5.37. The molecule has 148 valence electrons. The predicted molar refractivity (Wildman–Crippen MR) is 113 cm³/mol. The SMILES string of the molecule is O=C(c1ccccc1Cl)N1CCN(Cc2ccc(F)cc2)C(c2ccccc2)C1. The summed E-state index contributed by atoms with van der Waals surface area (Å²) in [6, 6.07) is 24.0. The van der Waals surface area contributed by atoms with Crippen LogP contribution in [-0.2, 0) is 6.54 Å². The van der Waals surface area contributed by atoms with E-state index in [9.17, 15) is 9.18 Å². The molecule has 0 aliphatic carbocycles. The zero-order valence-electron chi connectivity index (χ0n) is 16.0. The third-order valence-corrected chi connectivity index (χ3v) is 5.70. The monoisotopic (exact) mass is 408 g/mol. The normalized spacial score (nSPS) is 17.3. The van der Waals surface area contributed by atoms with Gasteiger partial charge >= 0.3 is 0 Å². The number of carbonyl (C=O) groups is 1. The lowest BCUT2D eigenvalue weighted by molar-refractivity contribution is 0.0456. The molecule has 1 aliphatic rings. The van der Waals surface area contributed by atoms with Crippen LogP contribution in [0.4, 0.5) is 4.39 Å². The molecule has 1 atom stereocenters. The molecule has 1 saturated heterocycles. The Morgan fingerprint density at radius 2 is 1.62 bits per heavy atom. The molecule has 1 unspecified atom stereocenters. The maximum atomic E-state index is 13.3. The van der Waals surface area contributed by atoms with Gasteiger partial charge in [0.1, 0.15) is 5.82 Å². The van der Waals surface area contributed by atoms with Gasteiger partial charge in [0.15, 0.2) is 0 Å². The zero-order chi connectivity index (χ0) is 20.2. The predicted octanol–water partition coefficient (Wildman–Crippen LogP) is 5.18. The van der Waals surface area contributed by atoms with Gasteiger partial charge in [-0.15, -0.1) is 0 Å². The van der Waals surface area contributed by atoms with Crippen LogP contribution in [0, 0.1) is 5.82 Å². The minimum Gasteiger partial charge on any atom is -0.335 e. The van der Waals surface area contributed by atoms with E-state index in [1.165, 1.54) is 12.1 Å². The lowest BCUT2D eigenvalue weighted by atomic mass is 10.0. The highest BCUT2D eigenvalue weighted by Crippen LogP contribution is 2.29. The Bertz CT molecular complexity index is 978. The molecule has 1 fully saturated rings. The van der Waals surface area contributed by atoms with E-state index < -0.39 is 0 Å². The van der Waals surface area contributed by atoms with E-state index in [1.807, 2.05) is 47.4 Å². The molecular weight excluding hydrogens is 387 g/mol. The van der Waals surface area contributed by atoms with Gasteiger partial charge in [0, 0.05) is 26.2 Å². The summed E-state index contributed by atoms with van der Waals surface area (Å²) in [5, 5.41) is 0.475. The minimum atomic E-state index is -0.233. The molecule has 29 heavy (non-hydrogen) atoms. The average Bonchev–Trinajstić information content (AvgIpc) is 2.76. The van der Waals surface area contributed by atoms with E-state index >= 15 is 0 Å². The zero-order valence-corrected chi connectivity index (χ0v) is 16.7. The molecule has 3 aromatic carbocycles. The molecule has 0 aromatic heterocycles. The van der Waals surface area contributed by atoms with Gasteiger partial charge in [0.2, 0.25) is 0 Å². The molecule has 1 aliphatic heterocycles. The Labute approximate surface area is 175 Å². The lowest BCUT2D eigenvalue weighted by Gasteiger charge is -2.42. The highest BCUT2D eigenvalue weighted by atomic mass is 35.5. The van der Waals surface area contributed by atoms with Crippen LogP contribution in [0.15, 0.2) is 78.9 Å². The average molecular weight is 409 g/mol. The van der Waals surface area contributed by atoms with E-state index in [-0.39, 0.29) is 17.8 Å². The molecule has 4 rings (SSSR count). The number of nitrogens with zero attached hydrogens (tertiary/aromatic N) is 2. The fourth-order valence-electron chi connectivity index (χ4n) is 3.81. The van der Waals surface area contributed by atoms with Crippen LogP contribution in [0.25, 0.3) is 0 Å².